The van der Waals surface area contributed by atoms with Crippen LogP contribution in [0.5, 0.6) is 0 Å². The molecule has 0 saturated carbocycles. The first-order valence-electron chi connectivity index (χ1n) is 6.95. The van der Waals surface area contributed by atoms with Gasteiger partial charge in [-0.2, -0.15) is 5.26 Å². The molecule has 1 N–H and O–H groups in total. The molecule has 23 heavy (non-hydrogen) atoms. The van der Waals surface area contributed by atoms with Gasteiger partial charge in [-0.05, 0) is 43.3 Å². The van der Waals surface area contributed by atoms with E-state index in [0.29, 0.717) is 29.2 Å². The standard InChI is InChI=1S/C17H13N3O2S/c1-11-20-15(10-23-11)16-7-6-14(22-16)9-19-17(21)13-4-2-12(8-18)3-5-13/h2-7,10H,9H2,1H3,(H,19,21). The fourth-order valence-electron chi connectivity index (χ4n) is 2.05. The number of aromatic nitrogens is 1. The number of carbonyl (C=O) groups is 1. The highest BCUT2D eigenvalue weighted by Gasteiger charge is 2.10. The Balaban J connectivity index is 1.63. The molecule has 1 amide bonds. The predicted molar refractivity (Wildman–Crippen MR) is 86.9 cm³/mol. The van der Waals surface area contributed by atoms with Gasteiger partial charge in [0.2, 0.25) is 0 Å². The van der Waals surface area contributed by atoms with Crippen LogP contribution in [0.15, 0.2) is 46.2 Å². The molecule has 0 bridgehead atoms. The van der Waals surface area contributed by atoms with E-state index in [1.165, 1.54) is 0 Å². The van der Waals surface area contributed by atoms with E-state index in [2.05, 4.69) is 10.3 Å². The molecule has 114 valence electrons. The van der Waals surface area contributed by atoms with Crippen molar-refractivity contribution >= 4 is 17.2 Å². The SMILES string of the molecule is Cc1nc(-c2ccc(CNC(=O)c3ccc(C#N)cc3)o2)cs1. The van der Waals surface area contributed by atoms with Crippen LogP contribution >= 0.6 is 11.3 Å². The maximum atomic E-state index is 12.1. The van der Waals surface area contributed by atoms with Crippen molar-refractivity contribution in [2.24, 2.45) is 0 Å². The summed E-state index contributed by atoms with van der Waals surface area (Å²) in [5.41, 5.74) is 1.83. The molecule has 0 unspecified atom stereocenters. The van der Waals surface area contributed by atoms with Crippen molar-refractivity contribution in [2.75, 3.05) is 0 Å². The van der Waals surface area contributed by atoms with E-state index in [-0.39, 0.29) is 5.91 Å². The maximum Gasteiger partial charge on any atom is 0.251 e. The van der Waals surface area contributed by atoms with Crippen molar-refractivity contribution in [3.8, 4) is 17.5 Å². The molecule has 0 saturated heterocycles. The van der Waals surface area contributed by atoms with Crippen LogP contribution in [0.1, 0.15) is 26.7 Å². The Kier molecular flexibility index (Phi) is 4.22. The summed E-state index contributed by atoms with van der Waals surface area (Å²) < 4.78 is 5.69. The van der Waals surface area contributed by atoms with Crippen LogP contribution in [0.4, 0.5) is 0 Å². The molecule has 0 aliphatic carbocycles. The number of hydrogen-bond donors (Lipinski definition) is 1. The molecular formula is C17H13N3O2S. The summed E-state index contributed by atoms with van der Waals surface area (Å²) in [5, 5.41) is 14.5. The lowest BCUT2D eigenvalue weighted by Gasteiger charge is -2.03. The zero-order chi connectivity index (χ0) is 16.2. The molecule has 3 aromatic rings. The van der Waals surface area contributed by atoms with Gasteiger partial charge < -0.3 is 9.73 Å². The van der Waals surface area contributed by atoms with Crippen LogP contribution in [0, 0.1) is 18.3 Å². The van der Waals surface area contributed by atoms with Gasteiger partial charge in [0.15, 0.2) is 5.76 Å². The fraction of sp³-hybridized carbons (Fsp3) is 0.118. The Hall–Kier alpha value is -2.91. The second-order valence-corrected chi connectivity index (χ2v) is 5.95. The molecular weight excluding hydrogens is 310 g/mol. The number of hydrogen-bond acceptors (Lipinski definition) is 5. The smallest absolute Gasteiger partial charge is 0.251 e. The average molecular weight is 323 g/mol. The largest absolute Gasteiger partial charge is 0.458 e. The average Bonchev–Trinajstić information content (AvgIpc) is 3.21. The topological polar surface area (TPSA) is 78.9 Å². The minimum atomic E-state index is -0.211. The van der Waals surface area contributed by atoms with Gasteiger partial charge in [-0.3, -0.25) is 4.79 Å². The van der Waals surface area contributed by atoms with Crippen LogP contribution in [-0.4, -0.2) is 10.9 Å². The highest BCUT2D eigenvalue weighted by molar-refractivity contribution is 7.09. The first-order chi connectivity index (χ1) is 11.2. The van der Waals surface area contributed by atoms with E-state index < -0.39 is 0 Å². The number of thiazole rings is 1. The number of nitrogens with one attached hydrogen (secondary N) is 1. The second kappa shape index (κ2) is 6.46. The summed E-state index contributed by atoms with van der Waals surface area (Å²) in [6.45, 7) is 2.23. The Morgan fingerprint density at radius 1 is 1.30 bits per heavy atom. The lowest BCUT2D eigenvalue weighted by molar-refractivity contribution is 0.0948. The van der Waals surface area contributed by atoms with Crippen molar-refractivity contribution in [3.63, 3.8) is 0 Å². The number of amides is 1. The van der Waals surface area contributed by atoms with Crippen LogP contribution in [0.3, 0.4) is 0 Å². The van der Waals surface area contributed by atoms with Gasteiger partial charge in [0, 0.05) is 10.9 Å². The molecule has 2 aromatic heterocycles. The summed E-state index contributed by atoms with van der Waals surface area (Å²) in [6, 6.07) is 12.2. The number of aryl methyl sites for hydroxylation is 1. The Labute approximate surface area is 137 Å². The number of rotatable bonds is 4. The molecule has 1 aromatic carbocycles. The van der Waals surface area contributed by atoms with Gasteiger partial charge in [-0.15, -0.1) is 11.3 Å². The van der Waals surface area contributed by atoms with Crippen LogP contribution in [0.2, 0.25) is 0 Å². The number of furan rings is 1. The number of carbonyl (C=O) groups excluding carboxylic acids is 1. The zero-order valence-electron chi connectivity index (χ0n) is 12.4. The Morgan fingerprint density at radius 2 is 2.09 bits per heavy atom. The minimum absolute atomic E-state index is 0.211. The van der Waals surface area contributed by atoms with Gasteiger partial charge in [-0.1, -0.05) is 0 Å². The number of nitrogens with zero attached hydrogens (tertiary/aromatic N) is 2. The zero-order valence-corrected chi connectivity index (χ0v) is 13.2. The normalized spacial score (nSPS) is 10.3. The first-order valence-corrected chi connectivity index (χ1v) is 7.83. The van der Waals surface area contributed by atoms with Gasteiger partial charge in [-0.25, -0.2) is 4.98 Å². The molecule has 0 aliphatic heterocycles. The van der Waals surface area contributed by atoms with Gasteiger partial charge in [0.1, 0.15) is 11.5 Å². The highest BCUT2D eigenvalue weighted by atomic mass is 32.1. The van der Waals surface area contributed by atoms with E-state index in [0.717, 1.165) is 10.7 Å². The van der Waals surface area contributed by atoms with Crippen LogP contribution in [-0.2, 0) is 6.54 Å². The van der Waals surface area contributed by atoms with Crippen molar-refractivity contribution in [2.45, 2.75) is 13.5 Å². The van der Waals surface area contributed by atoms with E-state index in [4.69, 9.17) is 9.68 Å². The number of benzene rings is 1. The Morgan fingerprint density at radius 3 is 2.74 bits per heavy atom. The highest BCUT2D eigenvalue weighted by Crippen LogP contribution is 2.23. The summed E-state index contributed by atoms with van der Waals surface area (Å²) in [5.74, 6) is 1.14. The third kappa shape index (κ3) is 3.47. The molecule has 0 spiro atoms. The second-order valence-electron chi connectivity index (χ2n) is 4.89. The predicted octanol–water partition coefficient (Wildman–Crippen LogP) is 3.51. The summed E-state index contributed by atoms with van der Waals surface area (Å²) in [7, 11) is 0. The van der Waals surface area contributed by atoms with Gasteiger partial charge in [0.05, 0.1) is 23.2 Å². The Bertz CT molecular complexity index is 872. The van der Waals surface area contributed by atoms with E-state index in [1.54, 1.807) is 35.6 Å². The molecule has 0 atom stereocenters. The van der Waals surface area contributed by atoms with Crippen molar-refractivity contribution in [3.05, 3.63) is 63.7 Å². The third-order valence-electron chi connectivity index (χ3n) is 3.23. The monoisotopic (exact) mass is 323 g/mol. The molecule has 0 fully saturated rings. The van der Waals surface area contributed by atoms with Crippen LogP contribution in [0.25, 0.3) is 11.5 Å². The van der Waals surface area contributed by atoms with E-state index in [1.807, 2.05) is 30.5 Å². The molecule has 6 heteroatoms. The lowest BCUT2D eigenvalue weighted by Crippen LogP contribution is -2.22. The molecule has 0 radical (unpaired) electrons. The van der Waals surface area contributed by atoms with Crippen molar-refractivity contribution in [1.82, 2.24) is 10.3 Å². The lowest BCUT2D eigenvalue weighted by atomic mass is 10.1. The third-order valence-corrected chi connectivity index (χ3v) is 4.01. The fourth-order valence-corrected chi connectivity index (χ4v) is 2.65. The minimum Gasteiger partial charge on any atom is -0.458 e. The quantitative estimate of drug-likeness (QED) is 0.797. The first kappa shape index (κ1) is 15.0. The van der Waals surface area contributed by atoms with Gasteiger partial charge >= 0.3 is 0 Å². The summed E-state index contributed by atoms with van der Waals surface area (Å²) in [4.78, 5) is 16.4. The molecule has 5 nitrogen and oxygen atoms in total. The van der Waals surface area contributed by atoms with Crippen LogP contribution < -0.4 is 5.32 Å². The summed E-state index contributed by atoms with van der Waals surface area (Å²) >= 11 is 1.56. The molecule has 3 rings (SSSR count). The molecule has 2 heterocycles. The van der Waals surface area contributed by atoms with E-state index >= 15 is 0 Å². The summed E-state index contributed by atoms with van der Waals surface area (Å²) in [6.07, 6.45) is 0. The van der Waals surface area contributed by atoms with Gasteiger partial charge in [0.25, 0.3) is 5.91 Å². The van der Waals surface area contributed by atoms with E-state index in [9.17, 15) is 4.79 Å². The number of nitriles is 1. The van der Waals surface area contributed by atoms with Crippen molar-refractivity contribution in [1.29, 1.82) is 5.26 Å². The maximum absolute atomic E-state index is 12.1. The molecule has 0 aliphatic rings. The van der Waals surface area contributed by atoms with Crippen molar-refractivity contribution < 1.29 is 9.21 Å².